The molecule has 0 aliphatic heterocycles. The van der Waals surface area contributed by atoms with Crippen LogP contribution in [0, 0.1) is 17.0 Å². The molecule has 0 atom stereocenters. The summed E-state index contributed by atoms with van der Waals surface area (Å²) in [5.74, 6) is 0. The fourth-order valence-electron chi connectivity index (χ4n) is 2.26. The monoisotopic (exact) mass is 284 g/mol. The highest BCUT2D eigenvalue weighted by atomic mass is 16.6. The van der Waals surface area contributed by atoms with Crippen molar-refractivity contribution >= 4 is 5.69 Å². The molecule has 0 aromatic heterocycles. The van der Waals surface area contributed by atoms with E-state index in [-0.39, 0.29) is 10.6 Å². The van der Waals surface area contributed by atoms with Gasteiger partial charge in [0.05, 0.1) is 4.92 Å². The summed E-state index contributed by atoms with van der Waals surface area (Å²) >= 11 is 0. The minimum Gasteiger partial charge on any atom is -0.316 e. The molecule has 0 spiro atoms. The Bertz CT molecular complexity index is 594. The average Bonchev–Trinajstić information content (AvgIpc) is 2.49. The molecule has 0 unspecified atom stereocenters. The Labute approximate surface area is 125 Å². The van der Waals surface area contributed by atoms with Gasteiger partial charge in [-0.1, -0.05) is 36.4 Å². The molecule has 0 aliphatic rings. The molecule has 2 aromatic carbocycles. The van der Waals surface area contributed by atoms with Crippen LogP contribution in [0.5, 0.6) is 0 Å². The maximum absolute atomic E-state index is 10.6. The zero-order valence-electron chi connectivity index (χ0n) is 12.2. The Hall–Kier alpha value is -2.20. The second-order valence-corrected chi connectivity index (χ2v) is 5.10. The largest absolute Gasteiger partial charge is 0.316 e. The second kappa shape index (κ2) is 7.55. The standard InChI is InChI=1S/C17H20N2O2/c1-14-4-2-3-5-16(14)11-13-18-12-10-15-6-8-17(9-7-15)19(20)21/h2-9,18H,10-13H2,1H3. The Morgan fingerprint density at radius 1 is 1.00 bits per heavy atom. The van der Waals surface area contributed by atoms with Gasteiger partial charge in [-0.2, -0.15) is 0 Å². The molecule has 4 heteroatoms. The highest BCUT2D eigenvalue weighted by Gasteiger charge is 2.03. The summed E-state index contributed by atoms with van der Waals surface area (Å²) in [4.78, 5) is 10.2. The van der Waals surface area contributed by atoms with E-state index < -0.39 is 0 Å². The van der Waals surface area contributed by atoms with Crippen molar-refractivity contribution in [2.75, 3.05) is 13.1 Å². The van der Waals surface area contributed by atoms with Gasteiger partial charge >= 0.3 is 0 Å². The molecule has 0 saturated carbocycles. The van der Waals surface area contributed by atoms with Gasteiger partial charge in [0.25, 0.3) is 5.69 Å². The Morgan fingerprint density at radius 2 is 1.67 bits per heavy atom. The van der Waals surface area contributed by atoms with Crippen LogP contribution in [0.25, 0.3) is 0 Å². The van der Waals surface area contributed by atoms with E-state index in [2.05, 4.69) is 36.5 Å². The molecule has 1 N–H and O–H groups in total. The molecular formula is C17H20N2O2. The van der Waals surface area contributed by atoms with Gasteiger partial charge in [-0.25, -0.2) is 0 Å². The average molecular weight is 284 g/mol. The normalized spacial score (nSPS) is 10.5. The van der Waals surface area contributed by atoms with Crippen LogP contribution in [0.3, 0.4) is 0 Å². The fraction of sp³-hybridized carbons (Fsp3) is 0.294. The fourth-order valence-corrected chi connectivity index (χ4v) is 2.26. The van der Waals surface area contributed by atoms with E-state index in [0.29, 0.717) is 0 Å². The first-order valence-electron chi connectivity index (χ1n) is 7.15. The van der Waals surface area contributed by atoms with Gasteiger partial charge in [-0.15, -0.1) is 0 Å². The lowest BCUT2D eigenvalue weighted by Gasteiger charge is -2.07. The van der Waals surface area contributed by atoms with Gasteiger partial charge in [0.1, 0.15) is 0 Å². The van der Waals surface area contributed by atoms with Crippen LogP contribution in [0.1, 0.15) is 16.7 Å². The highest BCUT2D eigenvalue weighted by molar-refractivity contribution is 5.33. The summed E-state index contributed by atoms with van der Waals surface area (Å²) in [6.45, 7) is 3.95. The van der Waals surface area contributed by atoms with Crippen LogP contribution in [0.4, 0.5) is 5.69 Å². The van der Waals surface area contributed by atoms with Crippen molar-refractivity contribution in [3.8, 4) is 0 Å². The number of non-ortho nitro benzene ring substituents is 1. The second-order valence-electron chi connectivity index (χ2n) is 5.10. The first-order valence-corrected chi connectivity index (χ1v) is 7.15. The molecule has 110 valence electrons. The Kier molecular flexibility index (Phi) is 5.46. The topological polar surface area (TPSA) is 55.2 Å². The van der Waals surface area contributed by atoms with Gasteiger partial charge < -0.3 is 5.32 Å². The lowest BCUT2D eigenvalue weighted by atomic mass is 10.1. The first-order chi connectivity index (χ1) is 10.2. The predicted molar refractivity (Wildman–Crippen MR) is 84.6 cm³/mol. The van der Waals surface area contributed by atoms with E-state index in [1.807, 2.05) is 12.1 Å². The van der Waals surface area contributed by atoms with E-state index in [0.717, 1.165) is 31.5 Å². The van der Waals surface area contributed by atoms with Crippen molar-refractivity contribution in [1.29, 1.82) is 0 Å². The molecule has 0 bridgehead atoms. The van der Waals surface area contributed by atoms with Crippen LogP contribution in [-0.2, 0) is 12.8 Å². The molecule has 2 aromatic rings. The molecule has 0 aliphatic carbocycles. The van der Waals surface area contributed by atoms with E-state index in [1.165, 1.54) is 11.1 Å². The molecule has 0 radical (unpaired) electrons. The number of nitro benzene ring substituents is 1. The minimum absolute atomic E-state index is 0.145. The number of nitrogens with zero attached hydrogens (tertiary/aromatic N) is 1. The van der Waals surface area contributed by atoms with Crippen LogP contribution >= 0.6 is 0 Å². The van der Waals surface area contributed by atoms with E-state index in [1.54, 1.807) is 12.1 Å². The summed E-state index contributed by atoms with van der Waals surface area (Å²) in [5, 5.41) is 14.0. The molecule has 21 heavy (non-hydrogen) atoms. The van der Waals surface area contributed by atoms with Crippen molar-refractivity contribution in [3.63, 3.8) is 0 Å². The molecule has 4 nitrogen and oxygen atoms in total. The Balaban J connectivity index is 1.70. The SMILES string of the molecule is Cc1ccccc1CCNCCc1ccc([N+](=O)[O-])cc1. The maximum atomic E-state index is 10.6. The molecule has 0 heterocycles. The number of nitro groups is 1. The lowest BCUT2D eigenvalue weighted by Crippen LogP contribution is -2.20. The molecule has 0 amide bonds. The third kappa shape index (κ3) is 4.68. The Morgan fingerprint density at radius 3 is 2.33 bits per heavy atom. The zero-order valence-corrected chi connectivity index (χ0v) is 12.2. The van der Waals surface area contributed by atoms with Crippen molar-refractivity contribution < 1.29 is 4.92 Å². The summed E-state index contributed by atoms with van der Waals surface area (Å²) in [7, 11) is 0. The van der Waals surface area contributed by atoms with E-state index in [4.69, 9.17) is 0 Å². The number of aryl methyl sites for hydroxylation is 1. The molecule has 2 rings (SSSR count). The van der Waals surface area contributed by atoms with Crippen LogP contribution < -0.4 is 5.32 Å². The molecule has 0 saturated heterocycles. The number of rotatable bonds is 7. The summed E-state index contributed by atoms with van der Waals surface area (Å²) in [6.07, 6.45) is 1.90. The number of nitrogens with one attached hydrogen (secondary N) is 1. The number of benzene rings is 2. The zero-order chi connectivity index (χ0) is 15.1. The first kappa shape index (κ1) is 15.2. The molecule has 0 fully saturated rings. The summed E-state index contributed by atoms with van der Waals surface area (Å²) in [6, 6.07) is 15.2. The van der Waals surface area contributed by atoms with Gasteiger partial charge in [0, 0.05) is 12.1 Å². The third-order valence-corrected chi connectivity index (χ3v) is 3.57. The number of hydrogen-bond donors (Lipinski definition) is 1. The van der Waals surface area contributed by atoms with Gasteiger partial charge in [0.2, 0.25) is 0 Å². The smallest absolute Gasteiger partial charge is 0.269 e. The van der Waals surface area contributed by atoms with E-state index in [9.17, 15) is 10.1 Å². The lowest BCUT2D eigenvalue weighted by molar-refractivity contribution is -0.384. The van der Waals surface area contributed by atoms with Crippen molar-refractivity contribution in [3.05, 3.63) is 75.3 Å². The third-order valence-electron chi connectivity index (χ3n) is 3.57. The van der Waals surface area contributed by atoms with Crippen molar-refractivity contribution in [2.45, 2.75) is 19.8 Å². The maximum Gasteiger partial charge on any atom is 0.269 e. The van der Waals surface area contributed by atoms with Gasteiger partial charge in [-0.3, -0.25) is 10.1 Å². The quantitative estimate of drug-likeness (QED) is 0.482. The molecular weight excluding hydrogens is 264 g/mol. The minimum atomic E-state index is -0.371. The van der Waals surface area contributed by atoms with E-state index >= 15 is 0 Å². The van der Waals surface area contributed by atoms with Gasteiger partial charge in [-0.05, 0) is 49.5 Å². The summed E-state index contributed by atoms with van der Waals surface area (Å²) in [5.41, 5.74) is 3.96. The van der Waals surface area contributed by atoms with Gasteiger partial charge in [0.15, 0.2) is 0 Å². The summed E-state index contributed by atoms with van der Waals surface area (Å²) < 4.78 is 0. The van der Waals surface area contributed by atoms with Crippen LogP contribution in [-0.4, -0.2) is 18.0 Å². The number of hydrogen-bond acceptors (Lipinski definition) is 3. The predicted octanol–water partition coefficient (Wildman–Crippen LogP) is 3.28. The van der Waals surface area contributed by atoms with Crippen molar-refractivity contribution in [1.82, 2.24) is 5.32 Å². The van der Waals surface area contributed by atoms with Crippen molar-refractivity contribution in [2.24, 2.45) is 0 Å². The van der Waals surface area contributed by atoms with Crippen LogP contribution in [0.2, 0.25) is 0 Å². The highest BCUT2D eigenvalue weighted by Crippen LogP contribution is 2.12. The van der Waals surface area contributed by atoms with Crippen LogP contribution in [0.15, 0.2) is 48.5 Å².